The molecule has 1 unspecified atom stereocenters. The zero-order valence-electron chi connectivity index (χ0n) is 19.8. The molecule has 0 saturated carbocycles. The lowest BCUT2D eigenvalue weighted by atomic mass is 9.93. The quantitative estimate of drug-likeness (QED) is 0.443. The smallest absolute Gasteiger partial charge is 0.247 e. The fraction of sp³-hybridized carbons (Fsp3) is 0.286. The zero-order chi connectivity index (χ0) is 24.1. The average molecular weight is 475 g/mol. The molecular weight excluding hydrogens is 444 g/mol. The lowest BCUT2D eigenvalue weighted by molar-refractivity contribution is -0.140. The molecule has 2 aromatic carbocycles. The van der Waals surface area contributed by atoms with Crippen LogP contribution in [0.25, 0.3) is 6.08 Å². The van der Waals surface area contributed by atoms with Gasteiger partial charge in [-0.1, -0.05) is 42.5 Å². The third-order valence-corrected chi connectivity index (χ3v) is 7.14. The monoisotopic (exact) mass is 474 g/mol. The van der Waals surface area contributed by atoms with Gasteiger partial charge in [-0.2, -0.15) is 0 Å². The molecule has 0 fully saturated rings. The number of hydrogen-bond acceptors (Lipinski definition) is 4. The number of fused-ring (bicyclic) bond motifs is 1. The van der Waals surface area contributed by atoms with E-state index in [4.69, 9.17) is 4.74 Å². The minimum atomic E-state index is -0.169. The maximum atomic E-state index is 13.6. The van der Waals surface area contributed by atoms with Crippen molar-refractivity contribution in [3.63, 3.8) is 0 Å². The van der Waals surface area contributed by atoms with Crippen LogP contribution in [0.4, 0.5) is 0 Å². The van der Waals surface area contributed by atoms with E-state index in [-0.39, 0.29) is 30.4 Å². The van der Waals surface area contributed by atoms with Gasteiger partial charge in [0.1, 0.15) is 12.3 Å². The van der Waals surface area contributed by atoms with E-state index in [0.29, 0.717) is 6.54 Å². The van der Waals surface area contributed by atoms with Gasteiger partial charge >= 0.3 is 0 Å². The highest BCUT2D eigenvalue weighted by Crippen LogP contribution is 2.38. The van der Waals surface area contributed by atoms with E-state index in [9.17, 15) is 9.59 Å². The molecule has 0 bridgehead atoms. The number of thiophene rings is 1. The van der Waals surface area contributed by atoms with Crippen molar-refractivity contribution >= 4 is 29.2 Å². The molecule has 5 nitrogen and oxygen atoms in total. The Labute approximate surface area is 205 Å². The lowest BCUT2D eigenvalue weighted by Gasteiger charge is -2.38. The Morgan fingerprint density at radius 3 is 2.53 bits per heavy atom. The van der Waals surface area contributed by atoms with Crippen molar-refractivity contribution < 1.29 is 14.3 Å². The zero-order valence-corrected chi connectivity index (χ0v) is 20.6. The van der Waals surface area contributed by atoms with Crippen LogP contribution >= 0.6 is 11.3 Å². The van der Waals surface area contributed by atoms with Gasteiger partial charge in [0.2, 0.25) is 11.8 Å². The van der Waals surface area contributed by atoms with Gasteiger partial charge in [-0.3, -0.25) is 9.59 Å². The summed E-state index contributed by atoms with van der Waals surface area (Å²) in [5.74, 6) is 0.569. The van der Waals surface area contributed by atoms with Gasteiger partial charge in [-0.25, -0.2) is 0 Å². The first kappa shape index (κ1) is 23.8. The Hall–Kier alpha value is -3.38. The number of methoxy groups -OCH3 is 1. The van der Waals surface area contributed by atoms with E-state index in [0.717, 1.165) is 23.3 Å². The first-order chi connectivity index (χ1) is 16.5. The fourth-order valence-corrected chi connectivity index (χ4v) is 5.21. The van der Waals surface area contributed by atoms with Crippen molar-refractivity contribution in [3.05, 3.63) is 93.7 Å². The highest BCUT2D eigenvalue weighted by atomic mass is 32.1. The van der Waals surface area contributed by atoms with Crippen LogP contribution in [-0.4, -0.2) is 47.9 Å². The van der Waals surface area contributed by atoms with Crippen LogP contribution in [0.5, 0.6) is 5.75 Å². The molecule has 6 heteroatoms. The predicted octanol–water partition coefficient (Wildman–Crippen LogP) is 5.18. The third-order valence-electron chi connectivity index (χ3n) is 6.15. The molecule has 176 valence electrons. The number of ether oxygens (including phenoxy) is 1. The number of carbonyl (C=O) groups is 2. The molecule has 1 aromatic heterocycles. The summed E-state index contributed by atoms with van der Waals surface area (Å²) in [4.78, 5) is 31.5. The predicted molar refractivity (Wildman–Crippen MR) is 137 cm³/mol. The third kappa shape index (κ3) is 5.23. The number of amides is 2. The molecule has 3 aromatic rings. The van der Waals surface area contributed by atoms with Crippen LogP contribution < -0.4 is 4.74 Å². The first-order valence-corrected chi connectivity index (χ1v) is 12.4. The second-order valence-electron chi connectivity index (χ2n) is 8.62. The largest absolute Gasteiger partial charge is 0.497 e. The molecule has 0 radical (unpaired) electrons. The Morgan fingerprint density at radius 2 is 1.85 bits per heavy atom. The first-order valence-electron chi connectivity index (χ1n) is 11.5. The molecule has 2 heterocycles. The highest BCUT2D eigenvalue weighted by Gasteiger charge is 2.34. The van der Waals surface area contributed by atoms with Crippen molar-refractivity contribution in [2.75, 3.05) is 20.2 Å². The fourth-order valence-electron chi connectivity index (χ4n) is 4.31. The molecule has 1 aliphatic heterocycles. The summed E-state index contributed by atoms with van der Waals surface area (Å²) in [6, 6.07) is 19.4. The van der Waals surface area contributed by atoms with Crippen LogP contribution in [0.15, 0.2) is 72.1 Å². The van der Waals surface area contributed by atoms with Crippen molar-refractivity contribution in [3.8, 4) is 5.75 Å². The van der Waals surface area contributed by atoms with Crippen LogP contribution in [0.3, 0.4) is 0 Å². The van der Waals surface area contributed by atoms with Gasteiger partial charge < -0.3 is 14.5 Å². The SMILES string of the molecule is COc1ccc(C2c3ccsc3CCN2C(=O)CN(C(=O)C=Cc2ccccc2)C(C)C)cc1. The van der Waals surface area contributed by atoms with Crippen LogP contribution in [0, 0.1) is 0 Å². The van der Waals surface area contributed by atoms with E-state index in [1.54, 1.807) is 35.5 Å². The Balaban J connectivity index is 1.56. The molecule has 0 N–H and O–H groups in total. The van der Waals surface area contributed by atoms with Crippen molar-refractivity contribution in [2.24, 2.45) is 0 Å². The topological polar surface area (TPSA) is 49.9 Å². The van der Waals surface area contributed by atoms with Gasteiger partial charge in [0.15, 0.2) is 0 Å². The van der Waals surface area contributed by atoms with Crippen molar-refractivity contribution in [2.45, 2.75) is 32.4 Å². The van der Waals surface area contributed by atoms with E-state index < -0.39 is 0 Å². The molecule has 34 heavy (non-hydrogen) atoms. The Bertz CT molecular complexity index is 1150. The molecule has 1 aliphatic rings. The summed E-state index contributed by atoms with van der Waals surface area (Å²) < 4.78 is 5.32. The van der Waals surface area contributed by atoms with Crippen molar-refractivity contribution in [1.29, 1.82) is 0 Å². The average Bonchev–Trinajstić information content (AvgIpc) is 3.34. The summed E-state index contributed by atoms with van der Waals surface area (Å²) in [6.07, 6.45) is 4.17. The van der Waals surface area contributed by atoms with Crippen LogP contribution in [-0.2, 0) is 16.0 Å². The minimum Gasteiger partial charge on any atom is -0.497 e. The molecule has 0 spiro atoms. The van der Waals surface area contributed by atoms with E-state index in [1.165, 1.54) is 10.4 Å². The standard InChI is InChI=1S/C28H30N2O3S/c1-20(2)30(26(31)14-9-21-7-5-4-6-8-21)19-27(32)29-17-15-25-24(16-18-34-25)28(29)22-10-12-23(33-3)13-11-22/h4-14,16,18,20,28H,15,17,19H2,1-3H3. The molecule has 0 saturated heterocycles. The Kier molecular flexibility index (Phi) is 7.48. The molecule has 2 amide bonds. The van der Waals surface area contributed by atoms with E-state index in [2.05, 4.69) is 11.4 Å². The van der Waals surface area contributed by atoms with Gasteiger partial charge in [-0.15, -0.1) is 11.3 Å². The van der Waals surface area contributed by atoms with Gasteiger partial charge in [0, 0.05) is 23.5 Å². The minimum absolute atomic E-state index is 0.0434. The second kappa shape index (κ2) is 10.7. The lowest BCUT2D eigenvalue weighted by Crippen LogP contribution is -2.48. The van der Waals surface area contributed by atoms with Gasteiger partial charge in [0.25, 0.3) is 0 Å². The number of carbonyl (C=O) groups excluding carboxylic acids is 2. The summed E-state index contributed by atoms with van der Waals surface area (Å²) in [5.41, 5.74) is 3.16. The second-order valence-corrected chi connectivity index (χ2v) is 9.62. The summed E-state index contributed by atoms with van der Waals surface area (Å²) in [5, 5.41) is 2.09. The number of hydrogen-bond donors (Lipinski definition) is 0. The normalized spacial score (nSPS) is 15.4. The number of benzene rings is 2. The molecule has 1 atom stereocenters. The maximum absolute atomic E-state index is 13.6. The van der Waals surface area contributed by atoms with Gasteiger partial charge in [0.05, 0.1) is 13.2 Å². The Morgan fingerprint density at radius 1 is 1.12 bits per heavy atom. The summed E-state index contributed by atoms with van der Waals surface area (Å²) in [7, 11) is 1.65. The molecule has 0 aliphatic carbocycles. The summed E-state index contributed by atoms with van der Waals surface area (Å²) >= 11 is 1.74. The van der Waals surface area contributed by atoms with Crippen LogP contribution in [0.2, 0.25) is 0 Å². The molecular formula is C28H30N2O3S. The molecule has 4 rings (SSSR count). The number of rotatable bonds is 7. The maximum Gasteiger partial charge on any atom is 0.247 e. The van der Waals surface area contributed by atoms with Gasteiger partial charge in [-0.05, 0) is 66.6 Å². The summed E-state index contributed by atoms with van der Waals surface area (Å²) in [6.45, 7) is 4.55. The highest BCUT2D eigenvalue weighted by molar-refractivity contribution is 7.10. The van der Waals surface area contributed by atoms with Crippen LogP contribution in [0.1, 0.15) is 41.5 Å². The van der Waals surface area contributed by atoms with Crippen molar-refractivity contribution in [1.82, 2.24) is 9.80 Å². The van der Waals surface area contributed by atoms with E-state index >= 15 is 0 Å². The van der Waals surface area contributed by atoms with E-state index in [1.807, 2.05) is 73.3 Å². The number of nitrogens with zero attached hydrogens (tertiary/aromatic N) is 2.